The number of imidazole rings is 1. The van der Waals surface area contributed by atoms with E-state index in [2.05, 4.69) is 9.97 Å². The van der Waals surface area contributed by atoms with Crippen molar-refractivity contribution >= 4 is 0 Å². The van der Waals surface area contributed by atoms with Gasteiger partial charge in [0.05, 0.1) is 5.69 Å². The van der Waals surface area contributed by atoms with Gasteiger partial charge < -0.3 is 5.73 Å². The van der Waals surface area contributed by atoms with Crippen LogP contribution < -0.4 is 5.73 Å². The van der Waals surface area contributed by atoms with E-state index in [0.717, 1.165) is 22.8 Å². The van der Waals surface area contributed by atoms with Crippen molar-refractivity contribution in [3.05, 3.63) is 41.1 Å². The van der Waals surface area contributed by atoms with E-state index in [1.165, 1.54) is 5.56 Å². The molecule has 2 heterocycles. The molecule has 0 atom stereocenters. The van der Waals surface area contributed by atoms with Crippen LogP contribution in [0.3, 0.4) is 0 Å². The first-order valence-corrected chi connectivity index (χ1v) is 5.30. The van der Waals surface area contributed by atoms with Crippen molar-refractivity contribution in [2.24, 2.45) is 5.73 Å². The Morgan fingerprint density at radius 2 is 2.00 bits per heavy atom. The highest BCUT2D eigenvalue weighted by molar-refractivity contribution is 5.41. The zero-order chi connectivity index (χ0) is 11.7. The molecule has 0 aliphatic rings. The Morgan fingerprint density at radius 3 is 2.56 bits per heavy atom. The molecule has 4 heteroatoms. The van der Waals surface area contributed by atoms with Crippen molar-refractivity contribution in [2.75, 3.05) is 0 Å². The molecule has 16 heavy (non-hydrogen) atoms. The number of hydrogen-bond donors (Lipinski definition) is 1. The summed E-state index contributed by atoms with van der Waals surface area (Å²) >= 11 is 0. The third kappa shape index (κ3) is 1.61. The van der Waals surface area contributed by atoms with Crippen molar-refractivity contribution < 1.29 is 0 Å². The van der Waals surface area contributed by atoms with Crippen LogP contribution in [0.5, 0.6) is 0 Å². The van der Waals surface area contributed by atoms with Gasteiger partial charge in [-0.3, -0.25) is 4.57 Å². The number of aromatic nitrogens is 3. The molecule has 4 nitrogen and oxygen atoms in total. The maximum atomic E-state index is 5.77. The van der Waals surface area contributed by atoms with Gasteiger partial charge in [0.2, 0.25) is 0 Å². The Bertz CT molecular complexity index is 514. The molecule has 0 spiro atoms. The largest absolute Gasteiger partial charge is 0.326 e. The molecule has 0 bridgehead atoms. The summed E-state index contributed by atoms with van der Waals surface area (Å²) in [5, 5.41) is 0. The molecule has 0 unspecified atom stereocenters. The highest BCUT2D eigenvalue weighted by Gasteiger charge is 2.10. The fourth-order valence-electron chi connectivity index (χ4n) is 1.75. The molecular formula is C12H16N4. The molecule has 0 aliphatic heterocycles. The predicted octanol–water partition coefficient (Wildman–Crippen LogP) is 1.65. The van der Waals surface area contributed by atoms with Crippen molar-refractivity contribution in [2.45, 2.75) is 27.3 Å². The van der Waals surface area contributed by atoms with E-state index < -0.39 is 0 Å². The molecule has 0 fully saturated rings. The van der Waals surface area contributed by atoms with Gasteiger partial charge in [-0.1, -0.05) is 0 Å². The Labute approximate surface area is 95.1 Å². The average molecular weight is 216 g/mol. The highest BCUT2D eigenvalue weighted by Crippen LogP contribution is 2.18. The summed E-state index contributed by atoms with van der Waals surface area (Å²) in [6.45, 7) is 6.56. The van der Waals surface area contributed by atoms with E-state index in [-0.39, 0.29) is 0 Å². The van der Waals surface area contributed by atoms with Crippen LogP contribution in [0.1, 0.15) is 22.5 Å². The lowest BCUT2D eigenvalue weighted by molar-refractivity contribution is 0.897. The molecule has 0 aromatic carbocycles. The number of aryl methyl sites for hydroxylation is 2. The molecule has 0 amide bonds. The van der Waals surface area contributed by atoms with Gasteiger partial charge in [0.1, 0.15) is 12.1 Å². The smallest absolute Gasteiger partial charge is 0.142 e. The highest BCUT2D eigenvalue weighted by atomic mass is 15.1. The van der Waals surface area contributed by atoms with Crippen LogP contribution >= 0.6 is 0 Å². The van der Waals surface area contributed by atoms with Gasteiger partial charge in [-0.15, -0.1) is 0 Å². The average Bonchev–Trinajstić information content (AvgIpc) is 2.59. The summed E-state index contributed by atoms with van der Waals surface area (Å²) in [7, 11) is 0. The van der Waals surface area contributed by atoms with E-state index >= 15 is 0 Å². The van der Waals surface area contributed by atoms with Crippen LogP contribution in [0.25, 0.3) is 5.82 Å². The SMILES string of the molecule is Cc1ccnc(-n2cnc(C)c2C)c1CN. The first kappa shape index (κ1) is 10.8. The van der Waals surface area contributed by atoms with E-state index in [9.17, 15) is 0 Å². The quantitative estimate of drug-likeness (QED) is 0.830. The molecule has 0 radical (unpaired) electrons. The zero-order valence-corrected chi connectivity index (χ0v) is 9.86. The third-order valence-electron chi connectivity index (χ3n) is 2.95. The number of nitrogens with zero attached hydrogens (tertiary/aromatic N) is 3. The lowest BCUT2D eigenvalue weighted by atomic mass is 10.1. The molecule has 84 valence electrons. The van der Waals surface area contributed by atoms with E-state index in [4.69, 9.17) is 5.73 Å². The molecule has 2 rings (SSSR count). The van der Waals surface area contributed by atoms with Crippen molar-refractivity contribution in [3.8, 4) is 5.82 Å². The molecule has 0 saturated carbocycles. The number of nitrogens with two attached hydrogens (primary N) is 1. The van der Waals surface area contributed by atoms with Crippen LogP contribution in [-0.2, 0) is 6.54 Å². The molecule has 2 N–H and O–H groups in total. The molecule has 2 aromatic rings. The van der Waals surface area contributed by atoms with Crippen LogP contribution in [0.4, 0.5) is 0 Å². The van der Waals surface area contributed by atoms with E-state index in [1.807, 2.05) is 31.4 Å². The second kappa shape index (κ2) is 4.06. The van der Waals surface area contributed by atoms with Crippen LogP contribution in [0.2, 0.25) is 0 Å². The van der Waals surface area contributed by atoms with Gasteiger partial charge in [-0.2, -0.15) is 0 Å². The lowest BCUT2D eigenvalue weighted by Gasteiger charge is -2.11. The number of pyridine rings is 1. The summed E-state index contributed by atoms with van der Waals surface area (Å²) in [5.74, 6) is 0.889. The second-order valence-electron chi connectivity index (χ2n) is 3.92. The summed E-state index contributed by atoms with van der Waals surface area (Å²) in [6.07, 6.45) is 3.60. The topological polar surface area (TPSA) is 56.7 Å². The minimum Gasteiger partial charge on any atom is -0.326 e. The second-order valence-corrected chi connectivity index (χ2v) is 3.92. The van der Waals surface area contributed by atoms with E-state index in [1.54, 1.807) is 12.5 Å². The zero-order valence-electron chi connectivity index (χ0n) is 9.86. The van der Waals surface area contributed by atoms with Crippen LogP contribution in [0.15, 0.2) is 18.6 Å². The predicted molar refractivity (Wildman–Crippen MR) is 63.5 cm³/mol. The summed E-state index contributed by atoms with van der Waals surface area (Å²) in [6, 6.07) is 1.98. The Hall–Kier alpha value is -1.68. The Kier molecular flexibility index (Phi) is 2.75. The van der Waals surface area contributed by atoms with Crippen LogP contribution in [0, 0.1) is 20.8 Å². The van der Waals surface area contributed by atoms with Crippen molar-refractivity contribution in [1.29, 1.82) is 0 Å². The molecule has 0 aliphatic carbocycles. The van der Waals surface area contributed by atoms with Gasteiger partial charge in [-0.05, 0) is 32.4 Å². The summed E-state index contributed by atoms with van der Waals surface area (Å²) in [5.41, 5.74) is 10.1. The van der Waals surface area contributed by atoms with Gasteiger partial charge in [0.15, 0.2) is 0 Å². The number of hydrogen-bond acceptors (Lipinski definition) is 3. The van der Waals surface area contributed by atoms with Crippen molar-refractivity contribution in [1.82, 2.24) is 14.5 Å². The van der Waals surface area contributed by atoms with Gasteiger partial charge in [0.25, 0.3) is 0 Å². The van der Waals surface area contributed by atoms with Gasteiger partial charge >= 0.3 is 0 Å². The first-order valence-electron chi connectivity index (χ1n) is 5.30. The Morgan fingerprint density at radius 1 is 1.25 bits per heavy atom. The maximum Gasteiger partial charge on any atom is 0.142 e. The summed E-state index contributed by atoms with van der Waals surface area (Å²) in [4.78, 5) is 8.68. The fraction of sp³-hybridized carbons (Fsp3) is 0.333. The van der Waals surface area contributed by atoms with Gasteiger partial charge in [0, 0.05) is 24.0 Å². The van der Waals surface area contributed by atoms with Crippen LogP contribution in [-0.4, -0.2) is 14.5 Å². The summed E-state index contributed by atoms with van der Waals surface area (Å²) < 4.78 is 1.99. The standard InChI is InChI=1S/C12H16N4/c1-8-4-5-14-12(11(8)6-13)16-7-15-9(2)10(16)3/h4-5,7H,6,13H2,1-3H3. The first-order chi connectivity index (χ1) is 7.65. The fourth-order valence-corrected chi connectivity index (χ4v) is 1.75. The number of rotatable bonds is 2. The Balaban J connectivity index is 2.64. The maximum absolute atomic E-state index is 5.77. The normalized spacial score (nSPS) is 10.8. The minimum atomic E-state index is 0.492. The van der Waals surface area contributed by atoms with Crippen molar-refractivity contribution in [3.63, 3.8) is 0 Å². The molecule has 0 saturated heterocycles. The van der Waals surface area contributed by atoms with Gasteiger partial charge in [-0.25, -0.2) is 9.97 Å². The lowest BCUT2D eigenvalue weighted by Crippen LogP contribution is -2.09. The molecule has 2 aromatic heterocycles. The van der Waals surface area contributed by atoms with E-state index in [0.29, 0.717) is 6.54 Å². The minimum absolute atomic E-state index is 0.492. The monoisotopic (exact) mass is 216 g/mol. The molecular weight excluding hydrogens is 200 g/mol. The third-order valence-corrected chi connectivity index (χ3v) is 2.95.